The number of hydrogen-bond donors (Lipinski definition) is 3. The van der Waals surface area contributed by atoms with Crippen LogP contribution in [-0.4, -0.2) is 25.2 Å². The Morgan fingerprint density at radius 1 is 1.12 bits per heavy atom. The molecule has 3 N–H and O–H groups in total. The third kappa shape index (κ3) is 3.58. The lowest BCUT2D eigenvalue weighted by molar-refractivity contribution is -0.123. The van der Waals surface area contributed by atoms with Crippen LogP contribution in [0.3, 0.4) is 0 Å². The summed E-state index contributed by atoms with van der Waals surface area (Å²) in [7, 11) is -4.43. The Hall–Kier alpha value is -3.86. The zero-order valence-corrected chi connectivity index (χ0v) is 18.4. The van der Waals surface area contributed by atoms with E-state index >= 15 is 0 Å². The summed E-state index contributed by atoms with van der Waals surface area (Å²) >= 11 is 0. The quantitative estimate of drug-likeness (QED) is 0.510. The number of halogens is 2. The lowest BCUT2D eigenvalue weighted by atomic mass is 9.65. The van der Waals surface area contributed by atoms with Crippen molar-refractivity contribution in [2.24, 2.45) is 0 Å². The Balaban J connectivity index is 1.56. The van der Waals surface area contributed by atoms with E-state index in [0.29, 0.717) is 30.2 Å². The first-order valence-corrected chi connectivity index (χ1v) is 11.9. The molecule has 0 unspecified atom stereocenters. The highest BCUT2D eigenvalue weighted by Gasteiger charge is 2.52. The van der Waals surface area contributed by atoms with E-state index in [1.165, 1.54) is 24.5 Å². The molecular weight excluding hydrogens is 466 g/mol. The van der Waals surface area contributed by atoms with Gasteiger partial charge in [0, 0.05) is 18.5 Å². The molecule has 1 aromatic heterocycles. The molecule has 1 aliphatic carbocycles. The first-order chi connectivity index (χ1) is 16.2. The number of anilines is 3. The van der Waals surface area contributed by atoms with E-state index in [1.807, 2.05) is 0 Å². The van der Waals surface area contributed by atoms with E-state index in [9.17, 15) is 26.8 Å². The van der Waals surface area contributed by atoms with Gasteiger partial charge in [-0.3, -0.25) is 19.3 Å². The minimum atomic E-state index is -4.43. The van der Waals surface area contributed by atoms with Gasteiger partial charge in [0.25, 0.3) is 15.9 Å². The Labute approximate surface area is 193 Å². The number of nitrogens with zero attached hydrogens (tertiary/aromatic N) is 1. The third-order valence-electron chi connectivity index (χ3n) is 6.14. The smallest absolute Gasteiger partial charge is 0.264 e. The van der Waals surface area contributed by atoms with Crippen molar-refractivity contribution in [1.82, 2.24) is 4.98 Å². The van der Waals surface area contributed by atoms with Gasteiger partial charge in [0.05, 0.1) is 28.0 Å². The molecule has 34 heavy (non-hydrogen) atoms. The normalized spacial score (nSPS) is 15.9. The standard InChI is InChI=1S/C23H18F2N4O4S/c24-14-4-5-19(17(25)9-14)34(32,33)29-15-10-16-20(28-22(31)23(16)6-2-7-23)18(11-15)27-21(30)13-3-1-8-26-12-13/h1,3-5,8-12,29H,2,6-7H2,(H,27,30)(H,28,31). The molecule has 3 aromatic rings. The maximum atomic E-state index is 14.2. The Morgan fingerprint density at radius 2 is 1.91 bits per heavy atom. The summed E-state index contributed by atoms with van der Waals surface area (Å²) in [5, 5.41) is 5.50. The zero-order valence-electron chi connectivity index (χ0n) is 17.6. The van der Waals surface area contributed by atoms with Crippen molar-refractivity contribution in [2.45, 2.75) is 29.6 Å². The molecule has 5 rings (SSSR count). The monoisotopic (exact) mass is 484 g/mol. The van der Waals surface area contributed by atoms with Gasteiger partial charge in [-0.2, -0.15) is 0 Å². The topological polar surface area (TPSA) is 117 Å². The van der Waals surface area contributed by atoms with Gasteiger partial charge in [0.15, 0.2) is 0 Å². The second-order valence-electron chi connectivity index (χ2n) is 8.21. The third-order valence-corrected chi connectivity index (χ3v) is 7.56. The summed E-state index contributed by atoms with van der Waals surface area (Å²) in [5.74, 6) is -2.89. The molecule has 2 amide bonds. The summed E-state index contributed by atoms with van der Waals surface area (Å²) in [5.41, 5.74) is 0.583. The van der Waals surface area contributed by atoms with Gasteiger partial charge < -0.3 is 10.6 Å². The molecule has 0 bridgehead atoms. The van der Waals surface area contributed by atoms with Crippen LogP contribution in [-0.2, 0) is 20.2 Å². The van der Waals surface area contributed by atoms with E-state index in [0.717, 1.165) is 18.6 Å². The Bertz CT molecular complexity index is 1440. The van der Waals surface area contributed by atoms with Gasteiger partial charge >= 0.3 is 0 Å². The molecule has 2 aliphatic rings. The molecule has 0 radical (unpaired) electrons. The lowest BCUT2D eigenvalue weighted by Gasteiger charge is -2.36. The maximum Gasteiger partial charge on any atom is 0.264 e. The summed E-state index contributed by atoms with van der Waals surface area (Å²) in [6, 6.07) is 8.12. The van der Waals surface area contributed by atoms with Gasteiger partial charge in [0.2, 0.25) is 5.91 Å². The van der Waals surface area contributed by atoms with E-state index in [-0.39, 0.29) is 22.8 Å². The molecule has 1 saturated carbocycles. The van der Waals surface area contributed by atoms with Gasteiger partial charge in [-0.1, -0.05) is 6.42 Å². The average molecular weight is 484 g/mol. The van der Waals surface area contributed by atoms with E-state index < -0.39 is 37.9 Å². The Kier molecular flexibility index (Phi) is 5.08. The van der Waals surface area contributed by atoms with Gasteiger partial charge in [0.1, 0.15) is 16.5 Å². The number of carbonyl (C=O) groups is 2. The fourth-order valence-corrected chi connectivity index (χ4v) is 5.39. The van der Waals surface area contributed by atoms with Crippen molar-refractivity contribution in [3.05, 3.63) is 77.6 Å². The van der Waals surface area contributed by atoms with Crippen LogP contribution in [0.1, 0.15) is 35.2 Å². The number of amides is 2. The van der Waals surface area contributed by atoms with Crippen molar-refractivity contribution in [2.75, 3.05) is 15.4 Å². The SMILES string of the molecule is O=C(Nc1cc(NS(=O)(=O)c2ccc(F)cc2F)cc2c1NC(=O)C21CCC1)c1cccnc1. The van der Waals surface area contributed by atoms with Crippen LogP contribution in [0, 0.1) is 11.6 Å². The van der Waals surface area contributed by atoms with Crippen LogP contribution < -0.4 is 15.4 Å². The van der Waals surface area contributed by atoms with Gasteiger partial charge in [-0.05, 0) is 54.8 Å². The molecule has 1 fully saturated rings. The number of aromatic nitrogens is 1. The van der Waals surface area contributed by atoms with E-state index in [1.54, 1.807) is 12.1 Å². The minimum Gasteiger partial charge on any atom is -0.323 e. The van der Waals surface area contributed by atoms with Crippen LogP contribution in [0.2, 0.25) is 0 Å². The average Bonchev–Trinajstić information content (AvgIpc) is 3.06. The predicted octanol–water partition coefficient (Wildman–Crippen LogP) is 3.79. The summed E-state index contributed by atoms with van der Waals surface area (Å²) < 4.78 is 55.4. The predicted molar refractivity (Wildman–Crippen MR) is 120 cm³/mol. The summed E-state index contributed by atoms with van der Waals surface area (Å²) in [4.78, 5) is 28.7. The number of hydrogen-bond acceptors (Lipinski definition) is 5. The number of nitrogens with one attached hydrogen (secondary N) is 3. The van der Waals surface area contributed by atoms with Crippen molar-refractivity contribution in [1.29, 1.82) is 0 Å². The Morgan fingerprint density at radius 3 is 2.56 bits per heavy atom. The van der Waals surface area contributed by atoms with E-state index in [4.69, 9.17) is 0 Å². The molecule has 8 nitrogen and oxygen atoms in total. The van der Waals surface area contributed by atoms with Crippen LogP contribution in [0.25, 0.3) is 0 Å². The van der Waals surface area contributed by atoms with Gasteiger partial charge in [-0.25, -0.2) is 17.2 Å². The second kappa shape index (κ2) is 7.87. The van der Waals surface area contributed by atoms with E-state index in [2.05, 4.69) is 20.3 Å². The first kappa shape index (κ1) is 22.0. The number of benzene rings is 2. The van der Waals surface area contributed by atoms with Crippen molar-refractivity contribution >= 4 is 38.9 Å². The number of sulfonamides is 1. The molecule has 11 heteroatoms. The van der Waals surface area contributed by atoms with Crippen molar-refractivity contribution < 1.29 is 26.8 Å². The van der Waals surface area contributed by atoms with Crippen LogP contribution in [0.5, 0.6) is 0 Å². The molecule has 2 aromatic carbocycles. The molecular formula is C23H18F2N4O4S. The molecule has 0 saturated heterocycles. The van der Waals surface area contributed by atoms with Crippen LogP contribution in [0.15, 0.2) is 59.8 Å². The largest absolute Gasteiger partial charge is 0.323 e. The van der Waals surface area contributed by atoms with Crippen molar-refractivity contribution in [3.8, 4) is 0 Å². The summed E-state index contributed by atoms with van der Waals surface area (Å²) in [6.45, 7) is 0. The van der Waals surface area contributed by atoms with Crippen molar-refractivity contribution in [3.63, 3.8) is 0 Å². The van der Waals surface area contributed by atoms with Gasteiger partial charge in [-0.15, -0.1) is 0 Å². The second-order valence-corrected chi connectivity index (χ2v) is 9.86. The van der Waals surface area contributed by atoms with Crippen LogP contribution in [0.4, 0.5) is 25.8 Å². The molecule has 174 valence electrons. The van der Waals surface area contributed by atoms with Crippen LogP contribution >= 0.6 is 0 Å². The molecule has 0 atom stereocenters. The number of pyridine rings is 1. The number of fused-ring (bicyclic) bond motifs is 2. The maximum absolute atomic E-state index is 14.2. The minimum absolute atomic E-state index is 0.0201. The molecule has 2 heterocycles. The fourth-order valence-electron chi connectivity index (χ4n) is 4.29. The summed E-state index contributed by atoms with van der Waals surface area (Å²) in [6.07, 6.45) is 4.85. The fraction of sp³-hybridized carbons (Fsp3) is 0.174. The lowest BCUT2D eigenvalue weighted by Crippen LogP contribution is -2.40. The molecule has 1 spiro atoms. The number of rotatable bonds is 5. The zero-order chi connectivity index (χ0) is 24.1. The highest BCUT2D eigenvalue weighted by molar-refractivity contribution is 7.92. The highest BCUT2D eigenvalue weighted by atomic mass is 32.2. The highest BCUT2D eigenvalue weighted by Crippen LogP contribution is 2.54. The molecule has 1 aliphatic heterocycles. The first-order valence-electron chi connectivity index (χ1n) is 10.4. The number of carbonyl (C=O) groups excluding carboxylic acids is 2.